The van der Waals surface area contributed by atoms with E-state index in [-0.39, 0.29) is 5.92 Å². The lowest BCUT2D eigenvalue weighted by Gasteiger charge is -2.29. The van der Waals surface area contributed by atoms with E-state index >= 15 is 0 Å². The fraction of sp³-hybridized carbons (Fsp3) is 0.765. The van der Waals surface area contributed by atoms with E-state index in [2.05, 4.69) is 20.3 Å². The van der Waals surface area contributed by atoms with Crippen molar-refractivity contribution in [2.24, 2.45) is 5.92 Å². The van der Waals surface area contributed by atoms with E-state index in [1.54, 1.807) is 0 Å². The molecule has 2 saturated heterocycles. The van der Waals surface area contributed by atoms with E-state index in [1.165, 1.54) is 5.56 Å². The SMILES string of the molecule is Cc1noc(C)c1CN1CCCN(C(=O)C2CCCNC2)CC1. The van der Waals surface area contributed by atoms with Gasteiger partial charge in [0.15, 0.2) is 0 Å². The molecule has 0 bridgehead atoms. The number of rotatable bonds is 3. The number of amides is 1. The molecule has 2 aliphatic heterocycles. The summed E-state index contributed by atoms with van der Waals surface area (Å²) in [5.74, 6) is 1.43. The van der Waals surface area contributed by atoms with Crippen LogP contribution >= 0.6 is 0 Å². The van der Waals surface area contributed by atoms with Crippen molar-refractivity contribution in [2.45, 2.75) is 39.7 Å². The lowest BCUT2D eigenvalue weighted by atomic mass is 9.98. The third-order valence-electron chi connectivity index (χ3n) is 5.11. The number of piperidine rings is 1. The highest BCUT2D eigenvalue weighted by Crippen LogP contribution is 2.18. The Morgan fingerprint density at radius 2 is 2.13 bits per heavy atom. The number of aromatic nitrogens is 1. The number of carbonyl (C=O) groups excluding carboxylic acids is 1. The van der Waals surface area contributed by atoms with Crippen LogP contribution in [0.1, 0.15) is 36.3 Å². The van der Waals surface area contributed by atoms with Crippen molar-refractivity contribution in [3.8, 4) is 0 Å². The Balaban J connectivity index is 1.55. The molecule has 3 heterocycles. The molecule has 1 atom stereocenters. The summed E-state index contributed by atoms with van der Waals surface area (Å²) in [6.07, 6.45) is 3.18. The minimum Gasteiger partial charge on any atom is -0.361 e. The molecule has 0 aliphatic carbocycles. The van der Waals surface area contributed by atoms with Gasteiger partial charge in [-0.05, 0) is 39.7 Å². The first-order valence-corrected chi connectivity index (χ1v) is 8.79. The van der Waals surface area contributed by atoms with Gasteiger partial charge in [-0.2, -0.15) is 0 Å². The Morgan fingerprint density at radius 1 is 1.26 bits per heavy atom. The van der Waals surface area contributed by atoms with Gasteiger partial charge < -0.3 is 14.7 Å². The van der Waals surface area contributed by atoms with Crippen LogP contribution in [0.15, 0.2) is 4.52 Å². The zero-order valence-corrected chi connectivity index (χ0v) is 14.3. The van der Waals surface area contributed by atoms with Gasteiger partial charge in [0, 0.05) is 44.8 Å². The first-order chi connectivity index (χ1) is 11.1. The predicted octanol–water partition coefficient (Wildman–Crippen LogP) is 1.33. The molecule has 6 nitrogen and oxygen atoms in total. The van der Waals surface area contributed by atoms with Crippen LogP contribution in [0.4, 0.5) is 0 Å². The summed E-state index contributed by atoms with van der Waals surface area (Å²) in [6.45, 7) is 10.4. The van der Waals surface area contributed by atoms with Crippen LogP contribution < -0.4 is 5.32 Å². The van der Waals surface area contributed by atoms with Crippen LogP contribution in [0.5, 0.6) is 0 Å². The highest BCUT2D eigenvalue weighted by Gasteiger charge is 2.27. The summed E-state index contributed by atoms with van der Waals surface area (Å²) >= 11 is 0. The maximum atomic E-state index is 12.7. The average molecular weight is 320 g/mol. The molecule has 6 heteroatoms. The van der Waals surface area contributed by atoms with E-state index < -0.39 is 0 Å². The topological polar surface area (TPSA) is 61.6 Å². The highest BCUT2D eigenvalue weighted by molar-refractivity contribution is 5.79. The summed E-state index contributed by atoms with van der Waals surface area (Å²) < 4.78 is 5.26. The normalized spacial score (nSPS) is 23.7. The molecule has 1 aromatic rings. The van der Waals surface area contributed by atoms with E-state index in [4.69, 9.17) is 4.52 Å². The fourth-order valence-corrected chi connectivity index (χ4v) is 3.62. The second-order valence-electron chi connectivity index (χ2n) is 6.80. The summed E-state index contributed by atoms with van der Waals surface area (Å²) in [4.78, 5) is 17.2. The molecule has 23 heavy (non-hydrogen) atoms. The molecule has 0 radical (unpaired) electrons. The zero-order valence-electron chi connectivity index (χ0n) is 14.3. The third-order valence-corrected chi connectivity index (χ3v) is 5.11. The first kappa shape index (κ1) is 16.5. The van der Waals surface area contributed by atoms with Crippen LogP contribution in [0.25, 0.3) is 0 Å². The fourth-order valence-electron chi connectivity index (χ4n) is 3.62. The van der Waals surface area contributed by atoms with Gasteiger partial charge in [0.1, 0.15) is 5.76 Å². The number of hydrogen-bond donors (Lipinski definition) is 1. The second-order valence-corrected chi connectivity index (χ2v) is 6.80. The van der Waals surface area contributed by atoms with Crippen molar-refractivity contribution < 1.29 is 9.32 Å². The van der Waals surface area contributed by atoms with Crippen molar-refractivity contribution in [1.29, 1.82) is 0 Å². The number of aryl methyl sites for hydroxylation is 2. The van der Waals surface area contributed by atoms with Crippen LogP contribution in [0, 0.1) is 19.8 Å². The maximum Gasteiger partial charge on any atom is 0.227 e. The monoisotopic (exact) mass is 320 g/mol. The number of nitrogens with one attached hydrogen (secondary N) is 1. The number of nitrogens with zero attached hydrogens (tertiary/aromatic N) is 3. The maximum absolute atomic E-state index is 12.7. The molecule has 1 N–H and O–H groups in total. The summed E-state index contributed by atoms with van der Waals surface area (Å²) in [5.41, 5.74) is 2.18. The quantitative estimate of drug-likeness (QED) is 0.910. The molecule has 2 aliphatic rings. The Kier molecular flexibility index (Phi) is 5.33. The van der Waals surface area contributed by atoms with Crippen molar-refractivity contribution >= 4 is 5.91 Å². The van der Waals surface area contributed by atoms with Crippen molar-refractivity contribution in [3.05, 3.63) is 17.0 Å². The van der Waals surface area contributed by atoms with Gasteiger partial charge in [-0.25, -0.2) is 0 Å². The van der Waals surface area contributed by atoms with Crippen molar-refractivity contribution in [3.63, 3.8) is 0 Å². The van der Waals surface area contributed by atoms with E-state index in [9.17, 15) is 4.79 Å². The number of hydrogen-bond acceptors (Lipinski definition) is 5. The molecular formula is C17H28N4O2. The lowest BCUT2D eigenvalue weighted by molar-refractivity contribution is -0.135. The molecule has 1 unspecified atom stereocenters. The van der Waals surface area contributed by atoms with Gasteiger partial charge in [-0.3, -0.25) is 9.69 Å². The van der Waals surface area contributed by atoms with Crippen LogP contribution in [0.2, 0.25) is 0 Å². The van der Waals surface area contributed by atoms with E-state index in [0.29, 0.717) is 5.91 Å². The Bertz CT molecular complexity index is 517. The van der Waals surface area contributed by atoms with Crippen LogP contribution in [-0.2, 0) is 11.3 Å². The highest BCUT2D eigenvalue weighted by atomic mass is 16.5. The molecular weight excluding hydrogens is 292 g/mol. The lowest BCUT2D eigenvalue weighted by Crippen LogP contribution is -2.44. The second kappa shape index (κ2) is 7.45. The van der Waals surface area contributed by atoms with Crippen LogP contribution in [-0.4, -0.2) is 60.1 Å². The standard InChI is InChI=1S/C17H28N4O2/c1-13-16(14(2)23-19-13)12-20-7-4-8-21(10-9-20)17(22)15-5-3-6-18-11-15/h15,18H,3-12H2,1-2H3. The molecule has 1 aromatic heterocycles. The molecule has 2 fully saturated rings. The molecule has 0 spiro atoms. The molecule has 3 rings (SSSR count). The van der Waals surface area contributed by atoms with Gasteiger partial charge in [0.2, 0.25) is 5.91 Å². The van der Waals surface area contributed by atoms with Gasteiger partial charge in [-0.1, -0.05) is 5.16 Å². The van der Waals surface area contributed by atoms with Gasteiger partial charge >= 0.3 is 0 Å². The largest absolute Gasteiger partial charge is 0.361 e. The summed E-state index contributed by atoms with van der Waals surface area (Å²) in [6, 6.07) is 0. The van der Waals surface area contributed by atoms with Gasteiger partial charge in [0.25, 0.3) is 0 Å². The minimum atomic E-state index is 0.179. The van der Waals surface area contributed by atoms with Gasteiger partial charge in [-0.15, -0.1) is 0 Å². The van der Waals surface area contributed by atoms with Gasteiger partial charge in [0.05, 0.1) is 11.6 Å². The molecule has 0 aromatic carbocycles. The smallest absolute Gasteiger partial charge is 0.227 e. The Morgan fingerprint density at radius 3 is 2.83 bits per heavy atom. The Hall–Kier alpha value is -1.40. The Labute approximate surface area is 138 Å². The summed E-state index contributed by atoms with van der Waals surface area (Å²) in [7, 11) is 0. The molecule has 1 amide bonds. The molecule has 128 valence electrons. The molecule has 0 saturated carbocycles. The average Bonchev–Trinajstić information content (AvgIpc) is 2.79. The minimum absolute atomic E-state index is 0.179. The van der Waals surface area contributed by atoms with E-state index in [1.807, 2.05) is 13.8 Å². The zero-order chi connectivity index (χ0) is 16.2. The number of carbonyl (C=O) groups is 1. The van der Waals surface area contributed by atoms with Crippen LogP contribution in [0.3, 0.4) is 0 Å². The van der Waals surface area contributed by atoms with Crippen molar-refractivity contribution in [1.82, 2.24) is 20.3 Å². The third kappa shape index (κ3) is 3.93. The first-order valence-electron chi connectivity index (χ1n) is 8.79. The summed E-state index contributed by atoms with van der Waals surface area (Å²) in [5, 5.41) is 7.38. The van der Waals surface area contributed by atoms with E-state index in [0.717, 1.165) is 76.5 Å². The van der Waals surface area contributed by atoms with Crippen molar-refractivity contribution in [2.75, 3.05) is 39.3 Å². The predicted molar refractivity (Wildman–Crippen MR) is 88.0 cm³/mol.